The van der Waals surface area contributed by atoms with Crippen molar-refractivity contribution >= 4 is 22.5 Å². The molecule has 3 aromatic heterocycles. The maximum absolute atomic E-state index is 13.2. The maximum atomic E-state index is 13.2. The fourth-order valence-electron chi connectivity index (χ4n) is 4.33. The molecule has 1 amide bonds. The Labute approximate surface area is 193 Å². The van der Waals surface area contributed by atoms with E-state index in [0.717, 1.165) is 25.3 Å². The number of alkyl halides is 3. The number of aromatic amines is 1. The second kappa shape index (κ2) is 9.05. The second-order valence-corrected chi connectivity index (χ2v) is 8.42. The first-order chi connectivity index (χ1) is 16.1. The van der Waals surface area contributed by atoms with Crippen LogP contribution in [0, 0.1) is 6.92 Å². The molecule has 2 N–H and O–H groups in total. The number of aryl methyl sites for hydroxylation is 1. The molecule has 0 aromatic carbocycles. The Morgan fingerprint density at radius 3 is 2.62 bits per heavy atom. The van der Waals surface area contributed by atoms with Crippen LogP contribution in [0.5, 0.6) is 0 Å². The van der Waals surface area contributed by atoms with Gasteiger partial charge in [-0.3, -0.25) is 19.5 Å². The topological polar surface area (TPSA) is 94.2 Å². The third-order valence-corrected chi connectivity index (χ3v) is 6.20. The van der Waals surface area contributed by atoms with Crippen molar-refractivity contribution in [1.29, 1.82) is 0 Å². The predicted octanol–water partition coefficient (Wildman–Crippen LogP) is 2.72. The summed E-state index contributed by atoms with van der Waals surface area (Å²) in [7, 11) is 1.56. The van der Waals surface area contributed by atoms with Crippen LogP contribution >= 0.6 is 0 Å². The van der Waals surface area contributed by atoms with Gasteiger partial charge in [0.1, 0.15) is 11.3 Å². The van der Waals surface area contributed by atoms with Gasteiger partial charge >= 0.3 is 6.18 Å². The zero-order chi connectivity index (χ0) is 24.6. The molecule has 3 aromatic rings. The monoisotopic (exact) mass is 474 g/mol. The number of rotatable bonds is 4. The molecule has 1 saturated heterocycles. The molecule has 1 fully saturated rings. The lowest BCUT2D eigenvalue weighted by Crippen LogP contribution is -2.51. The Morgan fingerprint density at radius 1 is 1.24 bits per heavy atom. The van der Waals surface area contributed by atoms with E-state index in [9.17, 15) is 22.8 Å². The van der Waals surface area contributed by atoms with E-state index in [4.69, 9.17) is 0 Å². The van der Waals surface area contributed by atoms with Gasteiger partial charge < -0.3 is 15.2 Å². The Hall–Kier alpha value is -3.47. The molecule has 11 heteroatoms. The van der Waals surface area contributed by atoms with Crippen LogP contribution in [0.1, 0.15) is 34.2 Å². The summed E-state index contributed by atoms with van der Waals surface area (Å²) in [6, 6.07) is 5.37. The molecule has 1 aliphatic rings. The van der Waals surface area contributed by atoms with Crippen molar-refractivity contribution in [3.63, 3.8) is 0 Å². The van der Waals surface area contributed by atoms with Gasteiger partial charge in [0, 0.05) is 50.9 Å². The number of H-pyrrole nitrogens is 1. The van der Waals surface area contributed by atoms with Crippen molar-refractivity contribution in [2.24, 2.45) is 0 Å². The van der Waals surface area contributed by atoms with Gasteiger partial charge in [0.2, 0.25) is 0 Å². The fourth-order valence-corrected chi connectivity index (χ4v) is 4.33. The normalized spacial score (nSPS) is 17.2. The second-order valence-electron chi connectivity index (χ2n) is 8.42. The van der Waals surface area contributed by atoms with E-state index in [1.807, 2.05) is 6.07 Å². The summed E-state index contributed by atoms with van der Waals surface area (Å²) in [5.74, 6) is -0.237. The number of pyridine rings is 3. The number of hydrogen-bond donors (Lipinski definition) is 2. The van der Waals surface area contributed by atoms with E-state index in [-0.39, 0.29) is 22.9 Å². The molecule has 0 spiro atoms. The van der Waals surface area contributed by atoms with Crippen LogP contribution < -0.4 is 15.8 Å². The quantitative estimate of drug-likeness (QED) is 0.604. The molecule has 0 radical (unpaired) electrons. The highest BCUT2D eigenvalue weighted by Gasteiger charge is 2.36. The van der Waals surface area contributed by atoms with Crippen molar-refractivity contribution in [2.75, 3.05) is 31.6 Å². The van der Waals surface area contributed by atoms with Crippen LogP contribution in [-0.4, -0.2) is 58.5 Å². The minimum absolute atomic E-state index is 0.122. The maximum Gasteiger partial charge on any atom is 0.421 e. The average molecular weight is 474 g/mol. The third-order valence-electron chi connectivity index (χ3n) is 6.20. The predicted molar refractivity (Wildman–Crippen MR) is 122 cm³/mol. The number of amides is 1. The minimum Gasteiger partial charge on any atom is -0.367 e. The van der Waals surface area contributed by atoms with Crippen molar-refractivity contribution in [3.05, 3.63) is 63.5 Å². The Balaban J connectivity index is 1.48. The van der Waals surface area contributed by atoms with Gasteiger partial charge in [-0.1, -0.05) is 0 Å². The van der Waals surface area contributed by atoms with E-state index in [2.05, 4.69) is 37.0 Å². The van der Waals surface area contributed by atoms with Crippen LogP contribution in [0.3, 0.4) is 0 Å². The number of nitrogens with one attached hydrogen (secondary N) is 2. The summed E-state index contributed by atoms with van der Waals surface area (Å²) >= 11 is 0. The van der Waals surface area contributed by atoms with Gasteiger partial charge in [-0.15, -0.1) is 0 Å². The van der Waals surface area contributed by atoms with Crippen LogP contribution in [-0.2, 0) is 12.7 Å². The molecule has 34 heavy (non-hydrogen) atoms. The lowest BCUT2D eigenvalue weighted by atomic mass is 10.1. The number of piperazine rings is 1. The third kappa shape index (κ3) is 4.60. The smallest absolute Gasteiger partial charge is 0.367 e. The molecule has 0 unspecified atom stereocenters. The molecule has 4 heterocycles. The summed E-state index contributed by atoms with van der Waals surface area (Å²) in [5, 5.41) is 2.82. The van der Waals surface area contributed by atoms with E-state index < -0.39 is 17.3 Å². The molecule has 0 bridgehead atoms. The molecular weight excluding hydrogens is 449 g/mol. The summed E-state index contributed by atoms with van der Waals surface area (Å²) < 4.78 is 39.7. The number of halogens is 3. The summed E-state index contributed by atoms with van der Waals surface area (Å²) in [5.41, 5.74) is -0.158. The Kier molecular flexibility index (Phi) is 6.30. The summed E-state index contributed by atoms with van der Waals surface area (Å²) in [6.07, 6.45) is -1.64. The van der Waals surface area contributed by atoms with Gasteiger partial charge in [-0.25, -0.2) is 4.98 Å². The van der Waals surface area contributed by atoms with E-state index >= 15 is 0 Å². The molecule has 0 aliphatic carbocycles. The highest BCUT2D eigenvalue weighted by molar-refractivity contribution is 5.92. The van der Waals surface area contributed by atoms with Gasteiger partial charge in [0.25, 0.3) is 11.5 Å². The SMILES string of the molecule is CNC(=O)c1ccc(N2CCN(Cc3cc4[nH]c(=O)c(C(F)(F)F)c(C)c4cn3)[C@H](C)C2)cn1. The van der Waals surface area contributed by atoms with Crippen molar-refractivity contribution < 1.29 is 18.0 Å². The number of aromatic nitrogens is 3. The fraction of sp³-hybridized carbons (Fsp3) is 0.391. The van der Waals surface area contributed by atoms with Gasteiger partial charge in [0.15, 0.2) is 0 Å². The summed E-state index contributed by atoms with van der Waals surface area (Å²) in [4.78, 5) is 39.1. The van der Waals surface area contributed by atoms with Crippen molar-refractivity contribution in [3.8, 4) is 0 Å². The van der Waals surface area contributed by atoms with E-state index in [1.54, 1.807) is 25.4 Å². The highest BCUT2D eigenvalue weighted by Crippen LogP contribution is 2.31. The van der Waals surface area contributed by atoms with Crippen LogP contribution in [0.15, 0.2) is 35.4 Å². The highest BCUT2D eigenvalue weighted by atomic mass is 19.4. The average Bonchev–Trinajstić information content (AvgIpc) is 2.79. The molecule has 4 rings (SSSR count). The van der Waals surface area contributed by atoms with Gasteiger partial charge in [0.05, 0.1) is 23.1 Å². The molecular formula is C23H25F3N6O2. The molecule has 180 valence electrons. The molecule has 0 saturated carbocycles. The molecule has 1 atom stereocenters. The lowest BCUT2D eigenvalue weighted by Gasteiger charge is -2.40. The first kappa shape index (κ1) is 23.7. The standard InChI is InChI=1S/C23H25F3N6O2/c1-13-11-32(16-4-5-18(29-9-16)21(33)27-3)7-6-31(13)12-15-8-19-17(10-28-15)14(2)20(22(34)30-19)23(24,25)26/h4-5,8-10,13H,6-7,11-12H2,1-3H3,(H,27,33)(H,30,34)/t13-/m1/s1. The first-order valence-electron chi connectivity index (χ1n) is 10.8. The molecule has 8 nitrogen and oxygen atoms in total. The number of nitrogens with zero attached hydrogens (tertiary/aromatic N) is 4. The number of carbonyl (C=O) groups is 1. The Morgan fingerprint density at radius 2 is 2.00 bits per heavy atom. The zero-order valence-corrected chi connectivity index (χ0v) is 19.0. The van der Waals surface area contributed by atoms with E-state index in [0.29, 0.717) is 23.4 Å². The Bertz CT molecular complexity index is 1270. The van der Waals surface area contributed by atoms with Gasteiger partial charge in [-0.05, 0) is 37.6 Å². The van der Waals surface area contributed by atoms with Crippen molar-refractivity contribution in [1.82, 2.24) is 25.2 Å². The summed E-state index contributed by atoms with van der Waals surface area (Å²) in [6.45, 7) is 6.09. The lowest BCUT2D eigenvalue weighted by molar-refractivity contribution is -0.139. The van der Waals surface area contributed by atoms with Crippen molar-refractivity contribution in [2.45, 2.75) is 32.6 Å². The first-order valence-corrected chi connectivity index (χ1v) is 10.8. The van der Waals surface area contributed by atoms with E-state index in [1.165, 1.54) is 13.1 Å². The number of carbonyl (C=O) groups excluding carboxylic acids is 1. The minimum atomic E-state index is -4.72. The van der Waals surface area contributed by atoms with Crippen LogP contribution in [0.4, 0.5) is 18.9 Å². The number of anilines is 1. The number of fused-ring (bicyclic) bond motifs is 1. The zero-order valence-electron chi connectivity index (χ0n) is 19.0. The largest absolute Gasteiger partial charge is 0.421 e. The van der Waals surface area contributed by atoms with Crippen LogP contribution in [0.25, 0.3) is 10.9 Å². The molecule has 1 aliphatic heterocycles. The van der Waals surface area contributed by atoms with Crippen LogP contribution in [0.2, 0.25) is 0 Å². The number of hydrogen-bond acceptors (Lipinski definition) is 6. The van der Waals surface area contributed by atoms with Gasteiger partial charge in [-0.2, -0.15) is 13.2 Å².